The number of hydrogen-bond acceptors (Lipinski definition) is 2. The summed E-state index contributed by atoms with van der Waals surface area (Å²) in [7, 11) is 1.76. The van der Waals surface area contributed by atoms with E-state index in [9.17, 15) is 8.78 Å². The molecule has 1 fully saturated rings. The molecule has 6 heteroatoms. The summed E-state index contributed by atoms with van der Waals surface area (Å²) in [6, 6.07) is 4.30. The molecule has 1 heterocycles. The van der Waals surface area contributed by atoms with E-state index in [0.29, 0.717) is 23.8 Å². The number of benzene rings is 1. The lowest BCUT2D eigenvalue weighted by Crippen LogP contribution is -2.48. The van der Waals surface area contributed by atoms with Gasteiger partial charge in [-0.25, -0.2) is 8.78 Å². The largest absolute Gasteiger partial charge is 0.356 e. The number of nitrogens with zero attached hydrogens (tertiary/aromatic N) is 2. The first-order valence-corrected chi connectivity index (χ1v) is 8.70. The number of aliphatic imine (C=N–C) groups is 1. The normalized spacial score (nSPS) is 19.4. The Kier molecular flexibility index (Phi) is 6.49. The molecule has 1 saturated heterocycles. The van der Waals surface area contributed by atoms with Gasteiger partial charge in [-0.3, -0.25) is 4.99 Å². The number of halogens is 2. The van der Waals surface area contributed by atoms with Crippen LogP contribution in [0.25, 0.3) is 0 Å². The number of nitrogens with one attached hydrogen (secondary N) is 1. The Labute approximate surface area is 135 Å². The standard InChI is InChI=1S/C16H23F2N3S/c1-3-13-11-21(9-10-22-13)16(19-2)20-8-7-12-5-4-6-14(17)15(12)18/h4-6,13H,3,7-11H2,1-2H3,(H,19,20). The molecule has 0 bridgehead atoms. The number of guanidine groups is 1. The summed E-state index contributed by atoms with van der Waals surface area (Å²) in [5.41, 5.74) is 0.392. The van der Waals surface area contributed by atoms with Gasteiger partial charge in [0.15, 0.2) is 17.6 Å². The van der Waals surface area contributed by atoms with Gasteiger partial charge in [-0.05, 0) is 24.5 Å². The van der Waals surface area contributed by atoms with Crippen molar-refractivity contribution in [1.82, 2.24) is 10.2 Å². The van der Waals surface area contributed by atoms with E-state index in [2.05, 4.69) is 22.1 Å². The van der Waals surface area contributed by atoms with Crippen LogP contribution in [0.3, 0.4) is 0 Å². The van der Waals surface area contributed by atoms with Gasteiger partial charge in [-0.15, -0.1) is 0 Å². The van der Waals surface area contributed by atoms with Crippen LogP contribution in [0.5, 0.6) is 0 Å². The fourth-order valence-electron chi connectivity index (χ4n) is 2.54. The predicted molar refractivity (Wildman–Crippen MR) is 89.5 cm³/mol. The first kappa shape index (κ1) is 17.1. The minimum Gasteiger partial charge on any atom is -0.356 e. The molecule has 0 aliphatic carbocycles. The Morgan fingerprint density at radius 3 is 3.00 bits per heavy atom. The van der Waals surface area contributed by atoms with E-state index in [4.69, 9.17) is 0 Å². The molecule has 1 unspecified atom stereocenters. The van der Waals surface area contributed by atoms with Crippen LogP contribution in [0.15, 0.2) is 23.2 Å². The van der Waals surface area contributed by atoms with Gasteiger partial charge in [0.1, 0.15) is 0 Å². The molecule has 1 N–H and O–H groups in total. The monoisotopic (exact) mass is 327 g/mol. The zero-order chi connectivity index (χ0) is 15.9. The Balaban J connectivity index is 1.88. The Morgan fingerprint density at radius 2 is 2.27 bits per heavy atom. The van der Waals surface area contributed by atoms with E-state index in [-0.39, 0.29) is 0 Å². The summed E-state index contributed by atoms with van der Waals surface area (Å²) in [4.78, 5) is 6.55. The molecule has 122 valence electrons. The van der Waals surface area contributed by atoms with Crippen LogP contribution in [-0.4, -0.2) is 48.5 Å². The van der Waals surface area contributed by atoms with Gasteiger partial charge in [0.2, 0.25) is 0 Å². The first-order valence-electron chi connectivity index (χ1n) is 7.65. The number of hydrogen-bond donors (Lipinski definition) is 1. The Morgan fingerprint density at radius 1 is 1.45 bits per heavy atom. The van der Waals surface area contributed by atoms with Crippen molar-refractivity contribution in [3.05, 3.63) is 35.4 Å². The third kappa shape index (κ3) is 4.35. The fraction of sp³-hybridized carbons (Fsp3) is 0.562. The molecule has 22 heavy (non-hydrogen) atoms. The van der Waals surface area contributed by atoms with Gasteiger partial charge in [-0.1, -0.05) is 19.1 Å². The van der Waals surface area contributed by atoms with Crippen LogP contribution < -0.4 is 5.32 Å². The molecule has 0 spiro atoms. The predicted octanol–water partition coefficient (Wildman–Crippen LogP) is 2.91. The summed E-state index contributed by atoms with van der Waals surface area (Å²) < 4.78 is 26.8. The van der Waals surface area contributed by atoms with Crippen molar-refractivity contribution in [2.75, 3.05) is 32.4 Å². The molecule has 1 aliphatic rings. The van der Waals surface area contributed by atoms with Crippen LogP contribution in [-0.2, 0) is 6.42 Å². The van der Waals surface area contributed by atoms with E-state index < -0.39 is 11.6 Å². The Bertz CT molecular complexity index is 522. The molecule has 2 rings (SSSR count). The average Bonchev–Trinajstić information content (AvgIpc) is 2.55. The second-order valence-corrected chi connectivity index (χ2v) is 6.69. The quantitative estimate of drug-likeness (QED) is 0.681. The van der Waals surface area contributed by atoms with Crippen LogP contribution in [0.1, 0.15) is 18.9 Å². The van der Waals surface area contributed by atoms with Crippen molar-refractivity contribution in [3.8, 4) is 0 Å². The molecule has 1 aliphatic heterocycles. The fourth-order valence-corrected chi connectivity index (χ4v) is 3.72. The lowest BCUT2D eigenvalue weighted by Gasteiger charge is -2.34. The van der Waals surface area contributed by atoms with Crippen LogP contribution in [0.4, 0.5) is 8.78 Å². The van der Waals surface area contributed by atoms with E-state index in [1.54, 1.807) is 13.1 Å². The van der Waals surface area contributed by atoms with E-state index in [1.807, 2.05) is 11.8 Å². The second kappa shape index (κ2) is 8.36. The third-order valence-corrected chi connectivity index (χ3v) is 5.19. The van der Waals surface area contributed by atoms with E-state index in [0.717, 1.165) is 37.3 Å². The van der Waals surface area contributed by atoms with E-state index >= 15 is 0 Å². The zero-order valence-electron chi connectivity index (χ0n) is 13.1. The minimum absolute atomic E-state index is 0.392. The number of rotatable bonds is 4. The van der Waals surface area contributed by atoms with Gasteiger partial charge in [-0.2, -0.15) is 11.8 Å². The summed E-state index contributed by atoms with van der Waals surface area (Å²) >= 11 is 2.00. The second-order valence-electron chi connectivity index (χ2n) is 5.28. The minimum atomic E-state index is -0.791. The molecule has 0 amide bonds. The molecule has 1 atom stereocenters. The maximum atomic E-state index is 13.6. The molecule has 1 aromatic rings. The smallest absolute Gasteiger partial charge is 0.193 e. The zero-order valence-corrected chi connectivity index (χ0v) is 13.9. The highest BCUT2D eigenvalue weighted by Gasteiger charge is 2.21. The van der Waals surface area contributed by atoms with Crippen molar-refractivity contribution < 1.29 is 8.78 Å². The maximum Gasteiger partial charge on any atom is 0.193 e. The molecule has 1 aromatic carbocycles. The van der Waals surface area contributed by atoms with Gasteiger partial charge < -0.3 is 10.2 Å². The molecular weight excluding hydrogens is 304 g/mol. The summed E-state index contributed by atoms with van der Waals surface area (Å²) in [6.45, 7) is 4.68. The molecule has 0 aromatic heterocycles. The van der Waals surface area contributed by atoms with Crippen molar-refractivity contribution in [1.29, 1.82) is 0 Å². The first-order chi connectivity index (χ1) is 10.7. The van der Waals surface area contributed by atoms with Crippen molar-refractivity contribution in [2.24, 2.45) is 4.99 Å². The lowest BCUT2D eigenvalue weighted by molar-refractivity contribution is 0.408. The summed E-state index contributed by atoms with van der Waals surface area (Å²) in [5.74, 6) is 0.397. The van der Waals surface area contributed by atoms with Crippen molar-refractivity contribution in [2.45, 2.75) is 25.0 Å². The van der Waals surface area contributed by atoms with Gasteiger partial charge >= 0.3 is 0 Å². The van der Waals surface area contributed by atoms with Crippen LogP contribution in [0.2, 0.25) is 0 Å². The highest BCUT2D eigenvalue weighted by molar-refractivity contribution is 8.00. The van der Waals surface area contributed by atoms with Gasteiger partial charge in [0.05, 0.1) is 0 Å². The van der Waals surface area contributed by atoms with Crippen LogP contribution in [0, 0.1) is 11.6 Å². The molecule has 0 radical (unpaired) electrons. The van der Waals surface area contributed by atoms with Crippen molar-refractivity contribution in [3.63, 3.8) is 0 Å². The molecule has 0 saturated carbocycles. The molecule has 3 nitrogen and oxygen atoms in total. The Hall–Kier alpha value is -1.30. The summed E-state index contributed by atoms with van der Waals surface area (Å²) in [5, 5.41) is 3.89. The highest BCUT2D eigenvalue weighted by atomic mass is 32.2. The molecular formula is C16H23F2N3S. The average molecular weight is 327 g/mol. The van der Waals surface area contributed by atoms with E-state index in [1.165, 1.54) is 6.07 Å². The van der Waals surface area contributed by atoms with Crippen molar-refractivity contribution >= 4 is 17.7 Å². The number of thioether (sulfide) groups is 1. The van der Waals surface area contributed by atoms with Gasteiger partial charge in [0, 0.05) is 37.7 Å². The summed E-state index contributed by atoms with van der Waals surface area (Å²) in [6.07, 6.45) is 1.58. The highest BCUT2D eigenvalue weighted by Crippen LogP contribution is 2.21. The van der Waals surface area contributed by atoms with Crippen LogP contribution >= 0.6 is 11.8 Å². The topological polar surface area (TPSA) is 27.6 Å². The third-order valence-electron chi connectivity index (χ3n) is 3.81. The SMILES string of the molecule is CCC1CN(C(=NC)NCCc2cccc(F)c2F)CCS1. The lowest BCUT2D eigenvalue weighted by atomic mass is 10.1. The van der Waals surface area contributed by atoms with Gasteiger partial charge in [0.25, 0.3) is 0 Å². The maximum absolute atomic E-state index is 13.6.